The summed E-state index contributed by atoms with van der Waals surface area (Å²) in [4.78, 5) is 10.5. The molecule has 1 aromatic rings. The molecule has 4 nitrogen and oxygen atoms in total. The summed E-state index contributed by atoms with van der Waals surface area (Å²) in [5, 5.41) is 0. The molecule has 1 atom stereocenters. The molecule has 0 fully saturated rings. The Morgan fingerprint density at radius 2 is 2.00 bits per heavy atom. The molecule has 1 amide bonds. The van der Waals surface area contributed by atoms with Crippen LogP contribution in [-0.2, 0) is 11.2 Å². The van der Waals surface area contributed by atoms with Crippen LogP contribution in [0.1, 0.15) is 25.3 Å². The van der Waals surface area contributed by atoms with Gasteiger partial charge >= 0.3 is 0 Å². The second-order valence-electron chi connectivity index (χ2n) is 4.22. The Bertz CT molecular complexity index is 347. The fraction of sp³-hybridized carbons (Fsp3) is 0.462. The molecule has 0 aliphatic heterocycles. The maximum atomic E-state index is 10.5. The third kappa shape index (κ3) is 5.92. The predicted octanol–water partition coefficient (Wildman–Crippen LogP) is 1.22. The van der Waals surface area contributed by atoms with Crippen molar-refractivity contribution in [3.05, 3.63) is 29.8 Å². The summed E-state index contributed by atoms with van der Waals surface area (Å²) in [6.45, 7) is 2.33. The van der Waals surface area contributed by atoms with Crippen molar-refractivity contribution in [1.82, 2.24) is 0 Å². The van der Waals surface area contributed by atoms with Crippen molar-refractivity contribution in [2.75, 3.05) is 6.61 Å². The van der Waals surface area contributed by atoms with Crippen molar-refractivity contribution in [2.24, 2.45) is 11.5 Å². The van der Waals surface area contributed by atoms with Crippen LogP contribution in [0.25, 0.3) is 0 Å². The maximum absolute atomic E-state index is 10.5. The molecule has 1 aromatic carbocycles. The summed E-state index contributed by atoms with van der Waals surface area (Å²) in [5.41, 5.74) is 12.0. The highest BCUT2D eigenvalue weighted by atomic mass is 16.5. The fourth-order valence-electron chi connectivity index (χ4n) is 1.42. The lowest BCUT2D eigenvalue weighted by atomic mass is 10.1. The van der Waals surface area contributed by atoms with E-state index >= 15 is 0 Å². The van der Waals surface area contributed by atoms with Crippen molar-refractivity contribution in [3.63, 3.8) is 0 Å². The molecule has 0 aromatic heterocycles. The van der Waals surface area contributed by atoms with Crippen molar-refractivity contribution in [2.45, 2.75) is 32.2 Å². The number of nitrogens with two attached hydrogens (primary N) is 2. The van der Waals surface area contributed by atoms with Gasteiger partial charge in [0.25, 0.3) is 0 Å². The van der Waals surface area contributed by atoms with Crippen LogP contribution in [0.4, 0.5) is 0 Å². The molecule has 0 spiro atoms. The van der Waals surface area contributed by atoms with Gasteiger partial charge in [-0.25, -0.2) is 0 Å². The highest BCUT2D eigenvalue weighted by Gasteiger charge is 1.99. The second-order valence-corrected chi connectivity index (χ2v) is 4.22. The van der Waals surface area contributed by atoms with Crippen molar-refractivity contribution in [3.8, 4) is 5.75 Å². The van der Waals surface area contributed by atoms with Gasteiger partial charge in [0.05, 0.1) is 13.0 Å². The molecule has 0 radical (unpaired) electrons. The molecule has 17 heavy (non-hydrogen) atoms. The molecule has 0 saturated heterocycles. The molecule has 4 N–H and O–H groups in total. The van der Waals surface area contributed by atoms with Crippen molar-refractivity contribution < 1.29 is 9.53 Å². The van der Waals surface area contributed by atoms with Gasteiger partial charge in [-0.15, -0.1) is 0 Å². The third-order valence-electron chi connectivity index (χ3n) is 2.43. The Hall–Kier alpha value is -1.55. The first-order valence-electron chi connectivity index (χ1n) is 5.83. The summed E-state index contributed by atoms with van der Waals surface area (Å²) >= 11 is 0. The molecule has 0 heterocycles. The summed E-state index contributed by atoms with van der Waals surface area (Å²) in [5.74, 6) is 0.411. The number of hydrogen-bond acceptors (Lipinski definition) is 3. The topological polar surface area (TPSA) is 78.3 Å². The standard InChI is InChI=1S/C13H20N2O2/c1-10(14)2-3-11-4-6-12(7-5-11)17-9-8-13(15)16/h4-7,10H,2-3,8-9,14H2,1H3,(H2,15,16). The average Bonchev–Trinajstić information content (AvgIpc) is 2.27. The van der Waals surface area contributed by atoms with E-state index in [-0.39, 0.29) is 18.4 Å². The lowest BCUT2D eigenvalue weighted by Gasteiger charge is -2.07. The van der Waals surface area contributed by atoms with Crippen LogP contribution in [0.2, 0.25) is 0 Å². The smallest absolute Gasteiger partial charge is 0.220 e. The van der Waals surface area contributed by atoms with Crippen LogP contribution in [0.3, 0.4) is 0 Å². The first-order chi connectivity index (χ1) is 8.08. The van der Waals surface area contributed by atoms with Gasteiger partial charge in [0.1, 0.15) is 5.75 Å². The molecule has 0 aliphatic rings. The number of primary amides is 1. The minimum absolute atomic E-state index is 0.224. The summed E-state index contributed by atoms with van der Waals surface area (Å²) in [7, 11) is 0. The summed E-state index contributed by atoms with van der Waals surface area (Å²) < 4.78 is 5.37. The van der Waals surface area contributed by atoms with Crippen LogP contribution in [-0.4, -0.2) is 18.6 Å². The highest BCUT2D eigenvalue weighted by Crippen LogP contribution is 2.13. The van der Waals surface area contributed by atoms with Crippen LogP contribution >= 0.6 is 0 Å². The van der Waals surface area contributed by atoms with E-state index in [4.69, 9.17) is 16.2 Å². The quantitative estimate of drug-likeness (QED) is 0.747. The van der Waals surface area contributed by atoms with Crippen LogP contribution in [0.5, 0.6) is 5.75 Å². The van der Waals surface area contributed by atoms with E-state index in [0.29, 0.717) is 6.61 Å². The number of rotatable bonds is 7. The molecular weight excluding hydrogens is 216 g/mol. The minimum Gasteiger partial charge on any atom is -0.493 e. The van der Waals surface area contributed by atoms with E-state index in [0.717, 1.165) is 18.6 Å². The van der Waals surface area contributed by atoms with Crippen LogP contribution < -0.4 is 16.2 Å². The second kappa shape index (κ2) is 6.91. The Kier molecular flexibility index (Phi) is 5.49. The lowest BCUT2D eigenvalue weighted by Crippen LogP contribution is -2.15. The number of carbonyl (C=O) groups excluding carboxylic acids is 1. The number of amides is 1. The van der Waals surface area contributed by atoms with E-state index < -0.39 is 0 Å². The normalized spacial score (nSPS) is 12.1. The van der Waals surface area contributed by atoms with E-state index in [9.17, 15) is 4.79 Å². The SMILES string of the molecule is CC(N)CCc1ccc(OCCC(N)=O)cc1. The lowest BCUT2D eigenvalue weighted by molar-refractivity contribution is -0.118. The summed E-state index contributed by atoms with van der Waals surface area (Å²) in [6.07, 6.45) is 2.19. The summed E-state index contributed by atoms with van der Waals surface area (Å²) in [6, 6.07) is 8.06. The molecular formula is C13H20N2O2. The molecule has 4 heteroatoms. The Morgan fingerprint density at radius 1 is 1.35 bits per heavy atom. The Balaban J connectivity index is 2.36. The van der Waals surface area contributed by atoms with Crippen molar-refractivity contribution >= 4 is 5.91 Å². The first-order valence-corrected chi connectivity index (χ1v) is 5.83. The van der Waals surface area contributed by atoms with Gasteiger partial charge in [0, 0.05) is 6.04 Å². The third-order valence-corrected chi connectivity index (χ3v) is 2.43. The first kappa shape index (κ1) is 13.5. The van der Waals surface area contributed by atoms with Crippen LogP contribution in [0.15, 0.2) is 24.3 Å². The van der Waals surface area contributed by atoms with Gasteiger partial charge in [0.2, 0.25) is 5.91 Å². The molecule has 94 valence electrons. The molecule has 0 aliphatic carbocycles. The van der Waals surface area contributed by atoms with E-state index in [1.807, 2.05) is 31.2 Å². The minimum atomic E-state index is -0.349. The molecule has 0 bridgehead atoms. The van der Waals surface area contributed by atoms with Gasteiger partial charge in [-0.3, -0.25) is 4.79 Å². The van der Waals surface area contributed by atoms with E-state index in [2.05, 4.69) is 0 Å². The van der Waals surface area contributed by atoms with Gasteiger partial charge in [0.15, 0.2) is 0 Å². The average molecular weight is 236 g/mol. The zero-order valence-electron chi connectivity index (χ0n) is 10.2. The van der Waals surface area contributed by atoms with Crippen LogP contribution in [0, 0.1) is 0 Å². The predicted molar refractivity (Wildman–Crippen MR) is 67.7 cm³/mol. The van der Waals surface area contributed by atoms with Gasteiger partial charge in [-0.1, -0.05) is 12.1 Å². The van der Waals surface area contributed by atoms with Crippen molar-refractivity contribution in [1.29, 1.82) is 0 Å². The van der Waals surface area contributed by atoms with E-state index in [1.54, 1.807) is 0 Å². The largest absolute Gasteiger partial charge is 0.493 e. The fourth-order valence-corrected chi connectivity index (χ4v) is 1.42. The van der Waals surface area contributed by atoms with Gasteiger partial charge < -0.3 is 16.2 Å². The van der Waals surface area contributed by atoms with Gasteiger partial charge in [-0.2, -0.15) is 0 Å². The number of ether oxygens (including phenoxy) is 1. The molecule has 1 unspecified atom stereocenters. The zero-order valence-corrected chi connectivity index (χ0v) is 10.2. The Labute approximate surface area is 102 Å². The number of hydrogen-bond donors (Lipinski definition) is 2. The monoisotopic (exact) mass is 236 g/mol. The maximum Gasteiger partial charge on any atom is 0.220 e. The number of benzene rings is 1. The highest BCUT2D eigenvalue weighted by molar-refractivity contribution is 5.73. The zero-order chi connectivity index (χ0) is 12.7. The van der Waals surface area contributed by atoms with E-state index in [1.165, 1.54) is 5.56 Å². The molecule has 1 rings (SSSR count). The number of carbonyl (C=O) groups is 1. The Morgan fingerprint density at radius 3 is 2.53 bits per heavy atom. The molecule has 0 saturated carbocycles. The van der Waals surface area contributed by atoms with Gasteiger partial charge in [-0.05, 0) is 37.5 Å². The number of aryl methyl sites for hydroxylation is 1.